The summed E-state index contributed by atoms with van der Waals surface area (Å²) in [4.78, 5) is 14.9. The van der Waals surface area contributed by atoms with Crippen molar-refractivity contribution in [3.8, 4) is 22.8 Å². The van der Waals surface area contributed by atoms with E-state index in [1.165, 1.54) is 12.8 Å². The van der Waals surface area contributed by atoms with Gasteiger partial charge in [-0.25, -0.2) is 27.2 Å². The molecule has 1 spiro atoms. The SMILES string of the molecule is CS(=O)(=O)Nc1ccc(-c2ncc(-c3cccc(NC4CC(F)(F)C4)n3)[nH]2)c(N2CCC3(CC2)CC3)c1. The van der Waals surface area contributed by atoms with E-state index in [9.17, 15) is 17.2 Å². The first-order valence-corrected chi connectivity index (χ1v) is 14.5. The summed E-state index contributed by atoms with van der Waals surface area (Å²) in [6.45, 7) is 1.83. The second-order valence-electron chi connectivity index (χ2n) is 10.8. The number of imidazole rings is 1. The van der Waals surface area contributed by atoms with Gasteiger partial charge in [0, 0.05) is 43.2 Å². The van der Waals surface area contributed by atoms with Crippen LogP contribution in [0.5, 0.6) is 0 Å². The molecule has 3 aromatic rings. The molecule has 3 N–H and O–H groups in total. The van der Waals surface area contributed by atoms with Gasteiger partial charge >= 0.3 is 0 Å². The Bertz CT molecular complexity index is 1420. The molecule has 11 heteroatoms. The van der Waals surface area contributed by atoms with Crippen molar-refractivity contribution in [3.63, 3.8) is 0 Å². The lowest BCUT2D eigenvalue weighted by Crippen LogP contribution is -2.44. The first-order chi connectivity index (χ1) is 17.6. The Morgan fingerprint density at radius 1 is 1.08 bits per heavy atom. The van der Waals surface area contributed by atoms with E-state index in [1.54, 1.807) is 18.3 Å². The average molecular weight is 529 g/mol. The number of alkyl halides is 2. The maximum absolute atomic E-state index is 13.2. The summed E-state index contributed by atoms with van der Waals surface area (Å²) in [5.41, 5.74) is 4.19. The number of rotatable bonds is 7. The first-order valence-electron chi connectivity index (χ1n) is 12.6. The number of H-pyrrole nitrogens is 1. The number of halogens is 2. The molecule has 0 radical (unpaired) electrons. The van der Waals surface area contributed by atoms with Crippen LogP contribution < -0.4 is 14.9 Å². The number of hydrogen-bond acceptors (Lipinski definition) is 6. The van der Waals surface area contributed by atoms with Gasteiger partial charge in [-0.3, -0.25) is 4.72 Å². The van der Waals surface area contributed by atoms with Gasteiger partial charge in [-0.2, -0.15) is 0 Å². The van der Waals surface area contributed by atoms with E-state index in [4.69, 9.17) is 0 Å². The zero-order valence-corrected chi connectivity index (χ0v) is 21.4. The van der Waals surface area contributed by atoms with Crippen LogP contribution in [0.1, 0.15) is 38.5 Å². The Morgan fingerprint density at radius 3 is 2.51 bits per heavy atom. The van der Waals surface area contributed by atoms with Crippen molar-refractivity contribution < 1.29 is 17.2 Å². The van der Waals surface area contributed by atoms with Gasteiger partial charge in [0.25, 0.3) is 5.92 Å². The number of hydrogen-bond donors (Lipinski definition) is 3. The molecule has 1 aliphatic heterocycles. The molecule has 0 amide bonds. The molecule has 6 rings (SSSR count). The van der Waals surface area contributed by atoms with Gasteiger partial charge in [-0.05, 0) is 61.4 Å². The zero-order chi connectivity index (χ0) is 25.8. The number of pyridine rings is 1. The van der Waals surface area contributed by atoms with Crippen LogP contribution in [0.2, 0.25) is 0 Å². The minimum Gasteiger partial charge on any atom is -0.371 e. The summed E-state index contributed by atoms with van der Waals surface area (Å²) in [5.74, 6) is -1.39. The van der Waals surface area contributed by atoms with Crippen LogP contribution in [0.4, 0.5) is 26.0 Å². The van der Waals surface area contributed by atoms with Crippen molar-refractivity contribution in [2.45, 2.75) is 50.5 Å². The van der Waals surface area contributed by atoms with Crippen LogP contribution in [0, 0.1) is 5.41 Å². The average Bonchev–Trinajstić information content (AvgIpc) is 3.38. The molecular weight excluding hydrogens is 498 g/mol. The van der Waals surface area contributed by atoms with E-state index in [2.05, 4.69) is 29.9 Å². The molecule has 2 aliphatic carbocycles. The van der Waals surface area contributed by atoms with Gasteiger partial charge < -0.3 is 15.2 Å². The maximum atomic E-state index is 13.2. The van der Waals surface area contributed by atoms with Crippen molar-refractivity contribution in [1.82, 2.24) is 15.0 Å². The molecule has 8 nitrogen and oxygen atoms in total. The lowest BCUT2D eigenvalue weighted by Gasteiger charge is -2.35. The lowest BCUT2D eigenvalue weighted by molar-refractivity contribution is -0.0794. The predicted molar refractivity (Wildman–Crippen MR) is 140 cm³/mol. The fourth-order valence-corrected chi connectivity index (χ4v) is 5.95. The quantitative estimate of drug-likeness (QED) is 0.394. The van der Waals surface area contributed by atoms with E-state index < -0.39 is 15.9 Å². The van der Waals surface area contributed by atoms with Crippen molar-refractivity contribution in [2.24, 2.45) is 5.41 Å². The van der Waals surface area contributed by atoms with Crippen LogP contribution >= 0.6 is 0 Å². The summed E-state index contributed by atoms with van der Waals surface area (Å²) in [5, 5.41) is 3.08. The monoisotopic (exact) mass is 528 g/mol. The van der Waals surface area contributed by atoms with Gasteiger partial charge in [-0.1, -0.05) is 6.07 Å². The van der Waals surface area contributed by atoms with Crippen molar-refractivity contribution in [3.05, 3.63) is 42.6 Å². The predicted octanol–water partition coefficient (Wildman–Crippen LogP) is 5.10. The van der Waals surface area contributed by atoms with Crippen LogP contribution in [-0.2, 0) is 10.0 Å². The van der Waals surface area contributed by atoms with Gasteiger partial charge in [-0.15, -0.1) is 0 Å². The summed E-state index contributed by atoms with van der Waals surface area (Å²) in [7, 11) is -3.41. The van der Waals surface area contributed by atoms with Crippen LogP contribution in [0.3, 0.4) is 0 Å². The number of nitrogens with zero attached hydrogens (tertiary/aromatic N) is 3. The van der Waals surface area contributed by atoms with Gasteiger partial charge in [0.05, 0.1) is 29.5 Å². The molecule has 3 fully saturated rings. The molecule has 2 saturated carbocycles. The number of nitrogens with one attached hydrogen (secondary N) is 3. The third-order valence-corrected chi connectivity index (χ3v) is 8.33. The molecule has 3 heterocycles. The summed E-state index contributed by atoms with van der Waals surface area (Å²) in [6.07, 6.45) is 7.36. The number of piperidine rings is 1. The minimum absolute atomic E-state index is 0.183. The third-order valence-electron chi connectivity index (χ3n) is 7.72. The molecule has 0 bridgehead atoms. The Labute approximate surface area is 215 Å². The Kier molecular flexibility index (Phi) is 5.66. The number of anilines is 3. The Balaban J connectivity index is 1.27. The number of benzene rings is 1. The van der Waals surface area contributed by atoms with Gasteiger partial charge in [0.2, 0.25) is 10.0 Å². The molecule has 2 aromatic heterocycles. The van der Waals surface area contributed by atoms with E-state index in [0.29, 0.717) is 34.1 Å². The summed E-state index contributed by atoms with van der Waals surface area (Å²) in [6, 6.07) is 10.7. The van der Waals surface area contributed by atoms with Gasteiger partial charge in [0.1, 0.15) is 11.6 Å². The van der Waals surface area contributed by atoms with Crippen molar-refractivity contribution >= 4 is 27.2 Å². The highest BCUT2D eigenvalue weighted by Crippen LogP contribution is 2.54. The number of aromatic amines is 1. The van der Waals surface area contributed by atoms with E-state index in [0.717, 1.165) is 43.4 Å². The van der Waals surface area contributed by atoms with E-state index >= 15 is 0 Å². The highest BCUT2D eigenvalue weighted by Gasteiger charge is 2.46. The molecule has 1 aromatic carbocycles. The van der Waals surface area contributed by atoms with Crippen LogP contribution in [0.15, 0.2) is 42.6 Å². The molecule has 0 atom stereocenters. The molecule has 196 valence electrons. The molecule has 1 saturated heterocycles. The van der Waals surface area contributed by atoms with E-state index in [1.807, 2.05) is 24.3 Å². The number of sulfonamides is 1. The maximum Gasteiger partial charge on any atom is 0.252 e. The first kappa shape index (κ1) is 24.1. The third kappa shape index (κ3) is 5.27. The zero-order valence-electron chi connectivity index (χ0n) is 20.6. The fourth-order valence-electron chi connectivity index (χ4n) is 5.40. The van der Waals surface area contributed by atoms with E-state index in [-0.39, 0.29) is 18.9 Å². The second-order valence-corrected chi connectivity index (χ2v) is 12.5. The molecular formula is C26H30F2N6O2S. The topological polar surface area (TPSA) is 103 Å². The van der Waals surface area contributed by atoms with Crippen molar-refractivity contribution in [2.75, 3.05) is 34.3 Å². The minimum atomic E-state index is -3.41. The molecule has 37 heavy (non-hydrogen) atoms. The summed E-state index contributed by atoms with van der Waals surface area (Å²) >= 11 is 0. The normalized spacial score (nSPS) is 20.5. The number of aromatic nitrogens is 3. The molecule has 0 unspecified atom stereocenters. The van der Waals surface area contributed by atoms with Crippen molar-refractivity contribution in [1.29, 1.82) is 0 Å². The second kappa shape index (κ2) is 8.68. The van der Waals surface area contributed by atoms with Gasteiger partial charge in [0.15, 0.2) is 0 Å². The Hall–Kier alpha value is -3.21. The smallest absolute Gasteiger partial charge is 0.252 e. The van der Waals surface area contributed by atoms with Crippen LogP contribution in [0.25, 0.3) is 22.8 Å². The largest absolute Gasteiger partial charge is 0.371 e. The summed E-state index contributed by atoms with van der Waals surface area (Å²) < 4.78 is 52.7. The fraction of sp³-hybridized carbons (Fsp3) is 0.462. The van der Waals surface area contributed by atoms with Crippen LogP contribution in [-0.4, -0.2) is 54.7 Å². The Morgan fingerprint density at radius 2 is 1.84 bits per heavy atom. The highest BCUT2D eigenvalue weighted by atomic mass is 32.2. The highest BCUT2D eigenvalue weighted by molar-refractivity contribution is 7.92. The standard InChI is InChI=1S/C26H30F2N6O2S/c1-37(35,36)33-17-5-6-19(22(13-17)34-11-9-25(7-8-25)10-12-34)24-29-16-21(32-24)20-3-2-4-23(31-20)30-18-14-26(27,28)15-18/h2-6,13,16,18,33H,7-12,14-15H2,1H3,(H,29,32)(H,30,31). The molecule has 3 aliphatic rings. The lowest BCUT2D eigenvalue weighted by atomic mass is 9.88.